The molecule has 31 heavy (non-hydrogen) atoms. The van der Waals surface area contributed by atoms with Gasteiger partial charge in [0.1, 0.15) is 18.5 Å². The van der Waals surface area contributed by atoms with Crippen LogP contribution in [0.4, 0.5) is 0 Å². The third-order valence-corrected chi connectivity index (χ3v) is 6.50. The Bertz CT molecular complexity index is 684. The maximum Gasteiger partial charge on any atom is 0.308 e. The number of esters is 1. The number of piperidine rings is 1. The van der Waals surface area contributed by atoms with E-state index in [0.717, 1.165) is 62.9 Å². The van der Waals surface area contributed by atoms with Gasteiger partial charge in [0, 0.05) is 19.6 Å². The molecule has 2 aliphatic rings. The fourth-order valence-electron chi connectivity index (χ4n) is 4.63. The van der Waals surface area contributed by atoms with Crippen LogP contribution in [-0.4, -0.2) is 72.7 Å². The minimum Gasteiger partial charge on any atom is -0.491 e. The first-order valence-electron chi connectivity index (χ1n) is 11.6. The summed E-state index contributed by atoms with van der Waals surface area (Å²) in [6, 6.07) is 7.86. The molecule has 0 spiro atoms. The van der Waals surface area contributed by atoms with Gasteiger partial charge in [-0.2, -0.15) is 0 Å². The van der Waals surface area contributed by atoms with Gasteiger partial charge >= 0.3 is 5.97 Å². The number of nitrogens with zero attached hydrogens (tertiary/aromatic N) is 1. The minimum atomic E-state index is -0.586. The van der Waals surface area contributed by atoms with Crippen LogP contribution in [0.3, 0.4) is 0 Å². The van der Waals surface area contributed by atoms with Crippen LogP contribution < -0.4 is 10.1 Å². The van der Waals surface area contributed by atoms with Crippen LogP contribution in [0.2, 0.25) is 0 Å². The first-order chi connectivity index (χ1) is 15.0. The Morgan fingerprint density at radius 3 is 2.71 bits per heavy atom. The van der Waals surface area contributed by atoms with Crippen LogP contribution in [0.1, 0.15) is 50.5 Å². The lowest BCUT2D eigenvalue weighted by molar-refractivity contribution is -0.147. The zero-order valence-corrected chi connectivity index (χ0v) is 18.7. The highest BCUT2D eigenvalue weighted by atomic mass is 16.5. The number of hydrogen-bond acceptors (Lipinski definition) is 7. The van der Waals surface area contributed by atoms with E-state index in [4.69, 9.17) is 9.47 Å². The van der Waals surface area contributed by atoms with Crippen LogP contribution in [-0.2, 0) is 16.1 Å². The molecule has 3 N–H and O–H groups in total. The second-order valence-corrected chi connectivity index (χ2v) is 9.10. The van der Waals surface area contributed by atoms with Crippen molar-refractivity contribution >= 4 is 5.97 Å². The largest absolute Gasteiger partial charge is 0.491 e. The number of ether oxygens (including phenoxy) is 2. The second-order valence-electron chi connectivity index (χ2n) is 9.10. The Labute approximate surface area is 185 Å². The Hall–Kier alpha value is -1.67. The molecule has 174 valence electrons. The monoisotopic (exact) mass is 434 g/mol. The minimum absolute atomic E-state index is 0.0233. The summed E-state index contributed by atoms with van der Waals surface area (Å²) in [4.78, 5) is 13.8. The molecule has 1 heterocycles. The van der Waals surface area contributed by atoms with Crippen LogP contribution in [0.5, 0.6) is 5.75 Å². The highest BCUT2D eigenvalue weighted by Gasteiger charge is 2.28. The molecule has 1 unspecified atom stereocenters. The number of aliphatic hydroxyl groups is 2. The van der Waals surface area contributed by atoms with Gasteiger partial charge in [-0.05, 0) is 56.5 Å². The predicted octanol–water partition coefficient (Wildman–Crippen LogP) is 2.10. The summed E-state index contributed by atoms with van der Waals surface area (Å²) in [6.45, 7) is 3.62. The number of benzene rings is 1. The third kappa shape index (κ3) is 7.75. The number of likely N-dealkylation sites (tertiary alicyclic amines) is 1. The molecular formula is C24H38N2O5. The van der Waals surface area contributed by atoms with Crippen molar-refractivity contribution in [2.24, 2.45) is 5.92 Å². The maximum atomic E-state index is 11.6. The molecule has 1 atom stereocenters. The van der Waals surface area contributed by atoms with Crippen molar-refractivity contribution in [3.8, 4) is 5.75 Å². The fourth-order valence-corrected chi connectivity index (χ4v) is 4.63. The quantitative estimate of drug-likeness (QED) is 0.486. The molecule has 1 aromatic rings. The molecule has 1 aromatic carbocycles. The SMILES string of the molecule is COC(=O)C1CCN(CC(O)COc2cccc(CNCC3(O)CCCCC3)c2)CC1. The average molecular weight is 435 g/mol. The van der Waals surface area contributed by atoms with Crippen molar-refractivity contribution in [1.29, 1.82) is 0 Å². The van der Waals surface area contributed by atoms with Crippen LogP contribution in [0.15, 0.2) is 24.3 Å². The molecule has 7 nitrogen and oxygen atoms in total. The van der Waals surface area contributed by atoms with Crippen LogP contribution in [0, 0.1) is 5.92 Å². The Morgan fingerprint density at radius 2 is 2.00 bits per heavy atom. The van der Waals surface area contributed by atoms with Crippen molar-refractivity contribution in [1.82, 2.24) is 10.2 Å². The lowest BCUT2D eigenvalue weighted by Gasteiger charge is -2.32. The summed E-state index contributed by atoms with van der Waals surface area (Å²) in [5.74, 6) is 0.578. The van der Waals surface area contributed by atoms with Crippen molar-refractivity contribution in [3.05, 3.63) is 29.8 Å². The van der Waals surface area contributed by atoms with E-state index in [-0.39, 0.29) is 18.5 Å². The zero-order valence-electron chi connectivity index (χ0n) is 18.7. The van der Waals surface area contributed by atoms with Crippen molar-refractivity contribution in [3.63, 3.8) is 0 Å². The summed E-state index contributed by atoms with van der Waals surface area (Å²) in [6.07, 6.45) is 6.13. The number of methoxy groups -OCH3 is 1. The van der Waals surface area contributed by atoms with Crippen molar-refractivity contribution < 1.29 is 24.5 Å². The molecule has 7 heteroatoms. The van der Waals surface area contributed by atoms with E-state index in [2.05, 4.69) is 10.2 Å². The topological polar surface area (TPSA) is 91.3 Å². The van der Waals surface area contributed by atoms with E-state index in [1.165, 1.54) is 13.5 Å². The van der Waals surface area contributed by atoms with E-state index >= 15 is 0 Å². The molecule has 1 saturated carbocycles. The van der Waals surface area contributed by atoms with E-state index in [1.54, 1.807) is 0 Å². The number of β-amino-alcohol motifs (C(OH)–C–C–N with tert-alkyl or cyclic N) is 1. The molecule has 3 rings (SSSR count). The summed E-state index contributed by atoms with van der Waals surface area (Å²) < 4.78 is 10.6. The summed E-state index contributed by atoms with van der Waals surface area (Å²) >= 11 is 0. The fraction of sp³-hybridized carbons (Fsp3) is 0.708. The highest BCUT2D eigenvalue weighted by Crippen LogP contribution is 2.27. The number of carbonyl (C=O) groups is 1. The van der Waals surface area contributed by atoms with Gasteiger partial charge in [-0.3, -0.25) is 4.79 Å². The second kappa shape index (κ2) is 11.8. The van der Waals surface area contributed by atoms with Gasteiger partial charge in [0.05, 0.1) is 18.6 Å². The normalized spacial score (nSPS) is 20.9. The smallest absolute Gasteiger partial charge is 0.308 e. The van der Waals surface area contributed by atoms with Crippen molar-refractivity contribution in [2.45, 2.75) is 63.2 Å². The van der Waals surface area contributed by atoms with Crippen molar-refractivity contribution in [2.75, 3.05) is 39.9 Å². The van der Waals surface area contributed by atoms with E-state index in [0.29, 0.717) is 19.6 Å². The van der Waals surface area contributed by atoms with E-state index in [9.17, 15) is 15.0 Å². The van der Waals surface area contributed by atoms with Gasteiger partial charge in [0.2, 0.25) is 0 Å². The van der Waals surface area contributed by atoms with Gasteiger partial charge in [-0.15, -0.1) is 0 Å². The van der Waals surface area contributed by atoms with Gasteiger partial charge in [-0.25, -0.2) is 0 Å². The molecular weight excluding hydrogens is 396 g/mol. The molecule has 0 aromatic heterocycles. The first-order valence-corrected chi connectivity index (χ1v) is 11.6. The van der Waals surface area contributed by atoms with E-state index < -0.39 is 11.7 Å². The molecule has 1 saturated heterocycles. The number of hydrogen-bond donors (Lipinski definition) is 3. The Kier molecular flexibility index (Phi) is 9.14. The third-order valence-electron chi connectivity index (χ3n) is 6.50. The molecule has 0 bridgehead atoms. The van der Waals surface area contributed by atoms with Gasteiger partial charge in [-0.1, -0.05) is 31.4 Å². The molecule has 1 aliphatic heterocycles. The molecule has 0 amide bonds. The van der Waals surface area contributed by atoms with Gasteiger partial charge < -0.3 is 29.9 Å². The highest BCUT2D eigenvalue weighted by molar-refractivity contribution is 5.72. The van der Waals surface area contributed by atoms with E-state index in [1.807, 2.05) is 24.3 Å². The van der Waals surface area contributed by atoms with Crippen LogP contribution >= 0.6 is 0 Å². The Morgan fingerprint density at radius 1 is 1.26 bits per heavy atom. The molecule has 1 aliphatic carbocycles. The molecule has 0 radical (unpaired) electrons. The summed E-state index contributed by atoms with van der Waals surface area (Å²) in [5.41, 5.74) is 0.526. The predicted molar refractivity (Wildman–Crippen MR) is 119 cm³/mol. The van der Waals surface area contributed by atoms with Crippen LogP contribution in [0.25, 0.3) is 0 Å². The first kappa shape index (κ1) is 24.0. The lowest BCUT2D eigenvalue weighted by atomic mass is 9.85. The average Bonchev–Trinajstić information content (AvgIpc) is 2.78. The number of nitrogens with one attached hydrogen (secondary N) is 1. The maximum absolute atomic E-state index is 11.6. The number of carbonyl (C=O) groups excluding carboxylic acids is 1. The summed E-state index contributed by atoms with van der Waals surface area (Å²) in [5, 5.41) is 24.3. The zero-order chi connectivity index (χ0) is 22.1. The Balaban J connectivity index is 1.36. The number of rotatable bonds is 10. The van der Waals surface area contributed by atoms with Gasteiger partial charge in [0.25, 0.3) is 0 Å². The standard InChI is InChI=1S/C24H38N2O5/c1-30-23(28)20-8-12-26(13-9-20)16-21(27)17-31-22-7-5-6-19(14-22)15-25-18-24(29)10-3-2-4-11-24/h5-7,14,20-21,25,27,29H,2-4,8-13,15-18H2,1H3. The van der Waals surface area contributed by atoms with Gasteiger partial charge in [0.15, 0.2) is 0 Å². The lowest BCUT2D eigenvalue weighted by Crippen LogP contribution is -2.42. The molecule has 2 fully saturated rings. The summed E-state index contributed by atoms with van der Waals surface area (Å²) in [7, 11) is 1.43. The number of aliphatic hydroxyl groups excluding tert-OH is 1.